The van der Waals surface area contributed by atoms with Gasteiger partial charge in [-0.15, -0.1) is 0 Å². The number of aryl methyl sites for hydroxylation is 1. The lowest BCUT2D eigenvalue weighted by Crippen LogP contribution is -1.97. The molecule has 0 saturated carbocycles. The van der Waals surface area contributed by atoms with Gasteiger partial charge >= 0.3 is 6.01 Å². The van der Waals surface area contributed by atoms with Crippen molar-refractivity contribution in [3.63, 3.8) is 0 Å². The fourth-order valence-electron chi connectivity index (χ4n) is 2.03. The van der Waals surface area contributed by atoms with Crippen LogP contribution in [0.3, 0.4) is 0 Å². The quantitative estimate of drug-likeness (QED) is 0.771. The largest absolute Gasteiger partial charge is 0.423 e. The second-order valence-electron chi connectivity index (χ2n) is 4.72. The molecule has 0 aliphatic heterocycles. The molecule has 3 N–H and O–H groups in total. The van der Waals surface area contributed by atoms with E-state index >= 15 is 0 Å². The predicted molar refractivity (Wildman–Crippen MR) is 85.8 cm³/mol. The molecule has 0 spiro atoms. The molecule has 22 heavy (non-hydrogen) atoms. The number of fused-ring (bicyclic) bond motifs is 1. The molecule has 0 amide bonds. The highest BCUT2D eigenvalue weighted by Crippen LogP contribution is 2.28. The maximum absolute atomic E-state index is 6.24. The van der Waals surface area contributed by atoms with E-state index in [0.29, 0.717) is 27.7 Å². The second kappa shape index (κ2) is 5.65. The number of ether oxygens (including phenoxy) is 1. The van der Waals surface area contributed by atoms with Gasteiger partial charge in [0.1, 0.15) is 11.4 Å². The lowest BCUT2D eigenvalue weighted by Gasteiger charge is -2.05. The van der Waals surface area contributed by atoms with Gasteiger partial charge in [0.25, 0.3) is 0 Å². The first-order chi connectivity index (χ1) is 10.6. The minimum absolute atomic E-state index is 0.203. The summed E-state index contributed by atoms with van der Waals surface area (Å²) in [7, 11) is 0. The topological polar surface area (TPSA) is 89.7 Å². The van der Waals surface area contributed by atoms with Gasteiger partial charge in [0, 0.05) is 29.3 Å². The predicted octanol–water partition coefficient (Wildman–Crippen LogP) is 3.29. The maximum atomic E-state index is 6.24. The summed E-state index contributed by atoms with van der Waals surface area (Å²) in [4.78, 5) is 15.7. The van der Waals surface area contributed by atoms with Crippen molar-refractivity contribution in [2.45, 2.75) is 13.3 Å². The van der Waals surface area contributed by atoms with E-state index in [-0.39, 0.29) is 6.01 Å². The van der Waals surface area contributed by atoms with Gasteiger partial charge in [-0.05, 0) is 12.5 Å². The third-order valence-corrected chi connectivity index (χ3v) is 3.62. The van der Waals surface area contributed by atoms with E-state index in [1.807, 2.05) is 6.92 Å². The molecule has 0 unspecified atom stereocenters. The highest BCUT2D eigenvalue weighted by molar-refractivity contribution is 6.36. The van der Waals surface area contributed by atoms with Crippen molar-refractivity contribution in [1.82, 2.24) is 19.9 Å². The van der Waals surface area contributed by atoms with Crippen molar-refractivity contribution in [3.8, 4) is 11.8 Å². The Morgan fingerprint density at radius 3 is 2.95 bits per heavy atom. The van der Waals surface area contributed by atoms with Crippen molar-refractivity contribution >= 4 is 28.3 Å². The Morgan fingerprint density at radius 2 is 2.23 bits per heavy atom. The van der Waals surface area contributed by atoms with E-state index in [1.54, 1.807) is 24.7 Å². The molecule has 3 aromatic heterocycles. The Labute approximate surface area is 132 Å². The summed E-state index contributed by atoms with van der Waals surface area (Å²) in [5.74, 6) is 0.483. The summed E-state index contributed by atoms with van der Waals surface area (Å²) < 4.78 is 5.62. The fourth-order valence-corrected chi connectivity index (χ4v) is 2.35. The van der Waals surface area contributed by atoms with Crippen LogP contribution < -0.4 is 10.5 Å². The maximum Gasteiger partial charge on any atom is 0.323 e. The number of hydrogen-bond acceptors (Lipinski definition) is 5. The Kier molecular flexibility index (Phi) is 3.68. The fraction of sp³-hybridized carbons (Fsp3) is 0.133. The molecule has 0 bridgehead atoms. The number of nitrogens with zero attached hydrogens (tertiary/aromatic N) is 3. The van der Waals surface area contributed by atoms with Gasteiger partial charge in [-0.3, -0.25) is 4.98 Å². The van der Waals surface area contributed by atoms with Crippen LogP contribution in [0.15, 0.2) is 31.2 Å². The van der Waals surface area contributed by atoms with Crippen LogP contribution in [0.4, 0.5) is 0 Å². The van der Waals surface area contributed by atoms with Crippen molar-refractivity contribution in [1.29, 1.82) is 0 Å². The summed E-state index contributed by atoms with van der Waals surface area (Å²) in [5.41, 5.74) is 8.31. The van der Waals surface area contributed by atoms with Gasteiger partial charge in [-0.25, -0.2) is 4.98 Å². The molecule has 7 heteroatoms. The SMILES string of the molecule is C=C(N)c1cncc(Oc2ncc3c(Cl)c(CC)[nH]c3n2)c1. The first-order valence-electron chi connectivity index (χ1n) is 6.69. The van der Waals surface area contributed by atoms with Crippen molar-refractivity contribution in [2.24, 2.45) is 5.73 Å². The molecular weight excluding hydrogens is 302 g/mol. The zero-order chi connectivity index (χ0) is 15.7. The summed E-state index contributed by atoms with van der Waals surface area (Å²) in [6.45, 7) is 5.68. The highest BCUT2D eigenvalue weighted by atomic mass is 35.5. The number of nitrogens with two attached hydrogens (primary N) is 1. The number of H-pyrrole nitrogens is 1. The van der Waals surface area contributed by atoms with Gasteiger partial charge < -0.3 is 15.5 Å². The summed E-state index contributed by atoms with van der Waals surface area (Å²) in [6.07, 6.45) is 5.58. The Balaban J connectivity index is 1.94. The van der Waals surface area contributed by atoms with E-state index in [0.717, 1.165) is 17.5 Å². The monoisotopic (exact) mass is 315 g/mol. The molecule has 3 rings (SSSR count). The molecule has 0 saturated heterocycles. The van der Waals surface area contributed by atoms with Gasteiger partial charge in [-0.2, -0.15) is 4.98 Å². The molecule has 0 atom stereocenters. The molecule has 0 aromatic carbocycles. The average Bonchev–Trinajstić information content (AvgIpc) is 2.83. The molecule has 3 heterocycles. The number of aromatic amines is 1. The van der Waals surface area contributed by atoms with Crippen LogP contribution in [0.2, 0.25) is 5.02 Å². The van der Waals surface area contributed by atoms with Crippen LogP contribution in [-0.2, 0) is 6.42 Å². The smallest absolute Gasteiger partial charge is 0.323 e. The van der Waals surface area contributed by atoms with Gasteiger partial charge in [0.05, 0.1) is 16.6 Å². The zero-order valence-corrected chi connectivity index (χ0v) is 12.7. The lowest BCUT2D eigenvalue weighted by atomic mass is 10.2. The van der Waals surface area contributed by atoms with Gasteiger partial charge in [0.2, 0.25) is 0 Å². The normalized spacial score (nSPS) is 10.8. The summed E-state index contributed by atoms with van der Waals surface area (Å²) in [5, 5.41) is 1.42. The zero-order valence-electron chi connectivity index (χ0n) is 11.9. The van der Waals surface area contributed by atoms with Gasteiger partial charge in [-0.1, -0.05) is 25.1 Å². The standard InChI is InChI=1S/C15H14ClN5O/c1-3-12-13(16)11-7-19-15(21-14(11)20-12)22-10-4-9(8(2)17)5-18-6-10/h4-7H,2-3,17H2,1H3,(H,19,20,21). The van der Waals surface area contributed by atoms with Crippen LogP contribution >= 0.6 is 11.6 Å². The summed E-state index contributed by atoms with van der Waals surface area (Å²) >= 11 is 6.24. The number of hydrogen-bond donors (Lipinski definition) is 2. The lowest BCUT2D eigenvalue weighted by molar-refractivity contribution is 0.442. The molecule has 3 aromatic rings. The van der Waals surface area contributed by atoms with E-state index in [9.17, 15) is 0 Å². The Bertz CT molecular complexity index is 858. The van der Waals surface area contributed by atoms with Gasteiger partial charge in [0.15, 0.2) is 0 Å². The van der Waals surface area contributed by atoms with Crippen LogP contribution in [-0.4, -0.2) is 19.9 Å². The molecular formula is C15H14ClN5O. The van der Waals surface area contributed by atoms with Crippen molar-refractivity contribution in [3.05, 3.63) is 47.5 Å². The van der Waals surface area contributed by atoms with Crippen LogP contribution in [0.5, 0.6) is 11.8 Å². The number of pyridine rings is 1. The first-order valence-corrected chi connectivity index (χ1v) is 7.07. The minimum Gasteiger partial charge on any atom is -0.423 e. The van der Waals surface area contributed by atoms with E-state index in [4.69, 9.17) is 22.1 Å². The molecule has 0 fully saturated rings. The average molecular weight is 316 g/mol. The van der Waals surface area contributed by atoms with E-state index < -0.39 is 0 Å². The van der Waals surface area contributed by atoms with Crippen molar-refractivity contribution < 1.29 is 4.74 Å². The number of aromatic nitrogens is 4. The molecule has 0 aliphatic rings. The Morgan fingerprint density at radius 1 is 1.41 bits per heavy atom. The molecule has 0 radical (unpaired) electrons. The minimum atomic E-state index is 0.203. The first kappa shape index (κ1) is 14.3. The van der Waals surface area contributed by atoms with Crippen LogP contribution in [0.1, 0.15) is 18.2 Å². The number of nitrogens with one attached hydrogen (secondary N) is 1. The third-order valence-electron chi connectivity index (χ3n) is 3.18. The third kappa shape index (κ3) is 2.60. The van der Waals surface area contributed by atoms with E-state index in [2.05, 4.69) is 26.5 Å². The number of rotatable bonds is 4. The molecule has 0 aliphatic carbocycles. The second-order valence-corrected chi connectivity index (χ2v) is 5.10. The number of halogens is 1. The Hall–Kier alpha value is -2.60. The van der Waals surface area contributed by atoms with Crippen LogP contribution in [0, 0.1) is 0 Å². The molecule has 6 nitrogen and oxygen atoms in total. The molecule has 112 valence electrons. The van der Waals surface area contributed by atoms with E-state index in [1.165, 1.54) is 0 Å². The van der Waals surface area contributed by atoms with Crippen LogP contribution in [0.25, 0.3) is 16.7 Å². The summed E-state index contributed by atoms with van der Waals surface area (Å²) in [6, 6.07) is 1.93. The van der Waals surface area contributed by atoms with Crippen molar-refractivity contribution in [2.75, 3.05) is 0 Å². The highest BCUT2D eigenvalue weighted by Gasteiger charge is 2.11.